The molecule has 1 aliphatic heterocycles. The fourth-order valence-electron chi connectivity index (χ4n) is 1.53. The number of hydrogen-bond acceptors (Lipinski definition) is 4. The molecule has 6 heteroatoms. The van der Waals surface area contributed by atoms with E-state index >= 15 is 0 Å². The minimum Gasteiger partial charge on any atom is -0.495 e. The first-order chi connectivity index (χ1) is 10.3. The van der Waals surface area contributed by atoms with Crippen LogP contribution in [0.25, 0.3) is 0 Å². The molecule has 2 heterocycles. The molecular formula is C12H17BFNO3. The fourth-order valence-corrected chi connectivity index (χ4v) is 1.53. The Morgan fingerprint density at radius 3 is 2.56 bits per heavy atom. The highest BCUT2D eigenvalue weighted by Gasteiger charge is 2.52. The smallest absolute Gasteiger partial charge is 0.495 e. The van der Waals surface area contributed by atoms with Crippen molar-refractivity contribution in [1.29, 1.82) is 0 Å². The van der Waals surface area contributed by atoms with Crippen LogP contribution in [-0.4, -0.2) is 30.3 Å². The van der Waals surface area contributed by atoms with Crippen LogP contribution in [0.2, 0.25) is 0 Å². The van der Waals surface area contributed by atoms with Gasteiger partial charge in [0.25, 0.3) is 0 Å². The molecule has 1 fully saturated rings. The van der Waals surface area contributed by atoms with E-state index in [1.165, 1.54) is 0 Å². The molecular weight excluding hydrogens is 236 g/mol. The number of halogens is 1. The number of pyridine rings is 1. The van der Waals surface area contributed by atoms with E-state index in [9.17, 15) is 4.39 Å². The molecule has 0 saturated carbocycles. The minimum absolute atomic E-state index is 0.390. The van der Waals surface area contributed by atoms with E-state index in [-0.39, 0.29) is 5.46 Å². The van der Waals surface area contributed by atoms with E-state index in [2.05, 4.69) is 9.72 Å². The Balaban J connectivity index is 2.50. The zero-order chi connectivity index (χ0) is 17.8. The summed E-state index contributed by atoms with van der Waals surface area (Å²) in [6.07, 6.45) is -0.774. The summed E-state index contributed by atoms with van der Waals surface area (Å²) in [6.45, 7) is 7.00. The third-order valence-electron chi connectivity index (χ3n) is 3.32. The zero-order valence-corrected chi connectivity index (χ0v) is 10.6. The second-order valence-corrected chi connectivity index (χ2v) is 5.07. The summed E-state index contributed by atoms with van der Waals surface area (Å²) in [6, 6.07) is -0.628. The standard InChI is InChI=1S/C12H17BFNO3/c1-11(2)12(3,4)18-13(17-11)9-6-8(16-5)7-15-10(9)14/h6-7H,1-5H3/i5D3,6D,7D. The van der Waals surface area contributed by atoms with Gasteiger partial charge in [0.2, 0.25) is 5.95 Å². The summed E-state index contributed by atoms with van der Waals surface area (Å²) >= 11 is 0. The summed E-state index contributed by atoms with van der Waals surface area (Å²) in [5.41, 5.74) is -1.94. The molecule has 0 aromatic carbocycles. The van der Waals surface area contributed by atoms with Gasteiger partial charge in [0.05, 0.1) is 31.3 Å². The maximum Gasteiger partial charge on any atom is 0.499 e. The zero-order valence-electron chi connectivity index (χ0n) is 15.6. The summed E-state index contributed by atoms with van der Waals surface area (Å²) < 4.78 is 66.9. The Kier molecular flexibility index (Phi) is 1.90. The molecule has 0 bridgehead atoms. The van der Waals surface area contributed by atoms with Crippen LogP contribution in [0.4, 0.5) is 4.39 Å². The van der Waals surface area contributed by atoms with Crippen LogP contribution in [-0.2, 0) is 9.31 Å². The lowest BCUT2D eigenvalue weighted by Gasteiger charge is -2.32. The van der Waals surface area contributed by atoms with Crippen LogP contribution in [0.3, 0.4) is 0 Å². The van der Waals surface area contributed by atoms with Gasteiger partial charge in [-0.3, -0.25) is 0 Å². The molecule has 18 heavy (non-hydrogen) atoms. The topological polar surface area (TPSA) is 40.6 Å². The predicted octanol–water partition coefficient (Wildman–Crippen LogP) is 1.53. The third kappa shape index (κ3) is 2.10. The van der Waals surface area contributed by atoms with Gasteiger partial charge in [-0.15, -0.1) is 0 Å². The summed E-state index contributed by atoms with van der Waals surface area (Å²) in [5, 5.41) is 0. The summed E-state index contributed by atoms with van der Waals surface area (Å²) in [7, 11) is -4.14. The second-order valence-electron chi connectivity index (χ2n) is 5.07. The van der Waals surface area contributed by atoms with Gasteiger partial charge >= 0.3 is 7.12 Å². The molecule has 2 rings (SSSR count). The maximum absolute atomic E-state index is 14.2. The van der Waals surface area contributed by atoms with Gasteiger partial charge in [-0.2, -0.15) is 4.39 Å². The lowest BCUT2D eigenvalue weighted by Crippen LogP contribution is -2.41. The van der Waals surface area contributed by atoms with Crippen LogP contribution in [0, 0.1) is 5.95 Å². The van der Waals surface area contributed by atoms with E-state index in [0.717, 1.165) is 0 Å². The van der Waals surface area contributed by atoms with Crippen molar-refractivity contribution in [2.24, 2.45) is 0 Å². The van der Waals surface area contributed by atoms with E-state index in [1.54, 1.807) is 27.7 Å². The molecule has 0 unspecified atom stereocenters. The third-order valence-corrected chi connectivity index (χ3v) is 3.32. The Morgan fingerprint density at radius 2 is 2.00 bits per heavy atom. The quantitative estimate of drug-likeness (QED) is 0.595. The van der Waals surface area contributed by atoms with Crippen molar-refractivity contribution in [3.05, 3.63) is 18.2 Å². The van der Waals surface area contributed by atoms with Gasteiger partial charge < -0.3 is 14.0 Å². The average Bonchev–Trinajstić information content (AvgIpc) is 2.52. The van der Waals surface area contributed by atoms with E-state index in [4.69, 9.17) is 16.2 Å². The summed E-state index contributed by atoms with van der Waals surface area (Å²) in [5.74, 6) is -1.77. The monoisotopic (exact) mass is 258 g/mol. The van der Waals surface area contributed by atoms with Crippen LogP contribution in [0.1, 0.15) is 34.5 Å². The molecule has 0 radical (unpaired) electrons. The Morgan fingerprint density at radius 1 is 1.39 bits per heavy atom. The van der Waals surface area contributed by atoms with Crippen molar-refractivity contribution in [1.82, 2.24) is 4.98 Å². The SMILES string of the molecule is [2H]c1nc(F)c(B2OC(C)(C)C(C)(C)O2)c([2H])c1OC([2H])([2H])[2H]. The fraction of sp³-hybridized carbons (Fsp3) is 0.583. The number of rotatable bonds is 2. The van der Waals surface area contributed by atoms with Crippen LogP contribution in [0.5, 0.6) is 5.75 Å². The van der Waals surface area contributed by atoms with Crippen molar-refractivity contribution < 1.29 is 25.3 Å². The maximum atomic E-state index is 14.2. The summed E-state index contributed by atoms with van der Waals surface area (Å²) in [4.78, 5) is 3.30. The van der Waals surface area contributed by atoms with Crippen LogP contribution in [0.15, 0.2) is 12.2 Å². The van der Waals surface area contributed by atoms with Crippen LogP contribution < -0.4 is 10.2 Å². The molecule has 1 aromatic heterocycles. The highest BCUT2D eigenvalue weighted by atomic mass is 19.1. The lowest BCUT2D eigenvalue weighted by molar-refractivity contribution is 0.00578. The number of methoxy groups -OCH3 is 1. The molecule has 0 atom stereocenters. The number of ether oxygens (including phenoxy) is 1. The number of nitrogens with zero attached hydrogens (tertiary/aromatic N) is 1. The molecule has 0 spiro atoms. The molecule has 0 aliphatic carbocycles. The van der Waals surface area contributed by atoms with Gasteiger partial charge in [-0.25, -0.2) is 4.98 Å². The van der Waals surface area contributed by atoms with Crippen molar-refractivity contribution in [3.63, 3.8) is 0 Å². The van der Waals surface area contributed by atoms with Gasteiger partial charge in [0.1, 0.15) is 5.75 Å². The van der Waals surface area contributed by atoms with Gasteiger partial charge in [0.15, 0.2) is 0 Å². The highest BCUT2D eigenvalue weighted by Crippen LogP contribution is 2.36. The number of hydrogen-bond donors (Lipinski definition) is 0. The molecule has 0 N–H and O–H groups in total. The Labute approximate surface area is 114 Å². The van der Waals surface area contributed by atoms with Crippen molar-refractivity contribution in [3.8, 4) is 5.75 Å². The first kappa shape index (κ1) is 8.12. The Hall–Kier alpha value is -1.14. The minimum atomic E-state index is -2.89. The molecule has 4 nitrogen and oxygen atoms in total. The Bertz CT molecular complexity index is 622. The van der Waals surface area contributed by atoms with Gasteiger partial charge in [-0.05, 0) is 33.7 Å². The highest BCUT2D eigenvalue weighted by molar-refractivity contribution is 6.62. The normalized spacial score (nSPS) is 25.8. The van der Waals surface area contributed by atoms with Crippen LogP contribution >= 0.6 is 0 Å². The van der Waals surface area contributed by atoms with Gasteiger partial charge in [0, 0.05) is 5.46 Å². The molecule has 98 valence electrons. The molecule has 1 saturated heterocycles. The lowest BCUT2D eigenvalue weighted by atomic mass is 9.80. The van der Waals surface area contributed by atoms with E-state index in [0.29, 0.717) is 0 Å². The average molecular weight is 258 g/mol. The predicted molar refractivity (Wildman–Crippen MR) is 66.5 cm³/mol. The molecule has 0 amide bonds. The van der Waals surface area contributed by atoms with Gasteiger partial charge in [-0.1, -0.05) is 0 Å². The van der Waals surface area contributed by atoms with Crippen molar-refractivity contribution >= 4 is 12.6 Å². The largest absolute Gasteiger partial charge is 0.499 e. The first-order valence-corrected chi connectivity index (χ1v) is 5.46. The van der Waals surface area contributed by atoms with Crippen molar-refractivity contribution in [2.45, 2.75) is 38.9 Å². The molecule has 1 aliphatic rings. The van der Waals surface area contributed by atoms with E-state index < -0.39 is 49.3 Å². The molecule has 1 aromatic rings. The van der Waals surface area contributed by atoms with Crippen molar-refractivity contribution in [2.75, 3.05) is 7.04 Å². The second kappa shape index (κ2) is 4.21. The first-order valence-electron chi connectivity index (χ1n) is 7.96. The van der Waals surface area contributed by atoms with E-state index in [1.807, 2.05) is 0 Å². The number of aromatic nitrogens is 1.